The van der Waals surface area contributed by atoms with E-state index in [0.717, 1.165) is 26.2 Å². The quantitative estimate of drug-likeness (QED) is 0.828. The molecule has 0 radical (unpaired) electrons. The molecule has 102 valence electrons. The number of rotatable bonds is 3. The van der Waals surface area contributed by atoms with E-state index in [1.807, 2.05) is 16.3 Å². The summed E-state index contributed by atoms with van der Waals surface area (Å²) in [5.41, 5.74) is 0. The van der Waals surface area contributed by atoms with E-state index in [0.29, 0.717) is 16.7 Å². The zero-order valence-electron chi connectivity index (χ0n) is 10.6. The molecule has 2 saturated heterocycles. The number of thiophene rings is 1. The van der Waals surface area contributed by atoms with Crippen molar-refractivity contribution >= 4 is 23.2 Å². The molecule has 2 aliphatic rings. The van der Waals surface area contributed by atoms with Gasteiger partial charge in [0.2, 0.25) is 5.91 Å². The highest BCUT2D eigenvalue weighted by Gasteiger charge is 2.37. The van der Waals surface area contributed by atoms with Crippen molar-refractivity contribution < 1.29 is 9.59 Å². The second-order valence-electron chi connectivity index (χ2n) is 5.14. The first-order valence-corrected chi connectivity index (χ1v) is 7.42. The summed E-state index contributed by atoms with van der Waals surface area (Å²) in [5.74, 6) is 1.05. The molecule has 0 aliphatic carbocycles. The molecule has 19 heavy (non-hydrogen) atoms. The van der Waals surface area contributed by atoms with Crippen molar-refractivity contribution in [3.8, 4) is 0 Å². The molecule has 1 aromatic rings. The standard InChI is InChI=1S/C13H17N3O2S/c17-12(6-15-13(18)11-2-1-3-19-11)16-7-9-4-14-5-10(9)8-16/h1-3,9-10,14H,4-8H2,(H,15,18)/t9-,10+. The van der Waals surface area contributed by atoms with E-state index in [2.05, 4.69) is 10.6 Å². The number of nitrogens with one attached hydrogen (secondary N) is 2. The third-order valence-electron chi connectivity index (χ3n) is 3.89. The fraction of sp³-hybridized carbons (Fsp3) is 0.538. The van der Waals surface area contributed by atoms with Gasteiger partial charge in [-0.05, 0) is 23.3 Å². The van der Waals surface area contributed by atoms with Crippen LogP contribution in [-0.4, -0.2) is 49.4 Å². The van der Waals surface area contributed by atoms with Gasteiger partial charge in [-0.3, -0.25) is 9.59 Å². The van der Waals surface area contributed by atoms with Gasteiger partial charge < -0.3 is 15.5 Å². The summed E-state index contributed by atoms with van der Waals surface area (Å²) >= 11 is 1.38. The molecular weight excluding hydrogens is 262 g/mol. The van der Waals surface area contributed by atoms with Crippen molar-refractivity contribution in [2.24, 2.45) is 11.8 Å². The van der Waals surface area contributed by atoms with Crippen molar-refractivity contribution in [3.63, 3.8) is 0 Å². The van der Waals surface area contributed by atoms with Crippen LogP contribution in [0.3, 0.4) is 0 Å². The predicted molar refractivity (Wildman–Crippen MR) is 73.1 cm³/mol. The summed E-state index contributed by atoms with van der Waals surface area (Å²) < 4.78 is 0. The third kappa shape index (κ3) is 2.64. The molecule has 2 amide bonds. The highest BCUT2D eigenvalue weighted by Crippen LogP contribution is 2.25. The summed E-state index contributed by atoms with van der Waals surface area (Å²) in [7, 11) is 0. The Balaban J connectivity index is 1.48. The van der Waals surface area contributed by atoms with E-state index in [1.54, 1.807) is 6.07 Å². The summed E-state index contributed by atoms with van der Waals surface area (Å²) in [4.78, 5) is 26.3. The van der Waals surface area contributed by atoms with Crippen LogP contribution in [0, 0.1) is 11.8 Å². The number of hydrogen-bond donors (Lipinski definition) is 2. The van der Waals surface area contributed by atoms with Crippen LogP contribution in [0.1, 0.15) is 9.67 Å². The molecule has 1 aromatic heterocycles. The average Bonchev–Trinajstić information content (AvgIpc) is 3.09. The largest absolute Gasteiger partial charge is 0.342 e. The maximum Gasteiger partial charge on any atom is 0.261 e. The summed E-state index contributed by atoms with van der Waals surface area (Å²) in [6, 6.07) is 3.59. The summed E-state index contributed by atoms with van der Waals surface area (Å²) in [6.45, 7) is 3.77. The lowest BCUT2D eigenvalue weighted by Crippen LogP contribution is -2.40. The van der Waals surface area contributed by atoms with E-state index in [1.165, 1.54) is 11.3 Å². The number of nitrogens with zero attached hydrogens (tertiary/aromatic N) is 1. The molecule has 3 heterocycles. The van der Waals surface area contributed by atoms with Crippen LogP contribution in [0.5, 0.6) is 0 Å². The number of fused-ring (bicyclic) bond motifs is 1. The number of carbonyl (C=O) groups is 2. The number of carbonyl (C=O) groups excluding carboxylic acids is 2. The van der Waals surface area contributed by atoms with E-state index in [4.69, 9.17) is 0 Å². The van der Waals surface area contributed by atoms with Gasteiger partial charge >= 0.3 is 0 Å². The number of amides is 2. The third-order valence-corrected chi connectivity index (χ3v) is 4.76. The minimum Gasteiger partial charge on any atom is -0.342 e. The number of likely N-dealkylation sites (tertiary alicyclic amines) is 1. The Morgan fingerprint density at radius 1 is 1.37 bits per heavy atom. The zero-order chi connectivity index (χ0) is 13.2. The Morgan fingerprint density at radius 2 is 2.11 bits per heavy atom. The smallest absolute Gasteiger partial charge is 0.261 e. The van der Waals surface area contributed by atoms with Crippen LogP contribution in [0.25, 0.3) is 0 Å². The van der Waals surface area contributed by atoms with Crippen LogP contribution in [0.4, 0.5) is 0 Å². The molecule has 0 aromatic carbocycles. The topological polar surface area (TPSA) is 61.4 Å². The Labute approximate surface area is 116 Å². The molecule has 2 aliphatic heterocycles. The fourth-order valence-electron chi connectivity index (χ4n) is 2.82. The first-order valence-electron chi connectivity index (χ1n) is 6.54. The van der Waals surface area contributed by atoms with Gasteiger partial charge in [-0.1, -0.05) is 6.07 Å². The van der Waals surface area contributed by atoms with Gasteiger partial charge in [0.15, 0.2) is 0 Å². The minimum atomic E-state index is -0.163. The monoisotopic (exact) mass is 279 g/mol. The second-order valence-corrected chi connectivity index (χ2v) is 6.08. The Kier molecular flexibility index (Phi) is 3.52. The van der Waals surface area contributed by atoms with Gasteiger partial charge in [0.05, 0.1) is 11.4 Å². The lowest BCUT2D eigenvalue weighted by atomic mass is 10.0. The molecule has 0 unspecified atom stereocenters. The fourth-order valence-corrected chi connectivity index (χ4v) is 3.46. The molecule has 0 bridgehead atoms. The van der Waals surface area contributed by atoms with Crippen molar-refractivity contribution in [3.05, 3.63) is 22.4 Å². The lowest BCUT2D eigenvalue weighted by Gasteiger charge is -2.17. The molecule has 2 N–H and O–H groups in total. The van der Waals surface area contributed by atoms with Gasteiger partial charge in [-0.25, -0.2) is 0 Å². The Morgan fingerprint density at radius 3 is 2.74 bits per heavy atom. The van der Waals surface area contributed by atoms with E-state index in [9.17, 15) is 9.59 Å². The van der Waals surface area contributed by atoms with Crippen molar-refractivity contribution in [1.29, 1.82) is 0 Å². The van der Waals surface area contributed by atoms with Crippen LogP contribution in [0.2, 0.25) is 0 Å². The maximum atomic E-state index is 12.0. The molecular formula is C13H17N3O2S. The highest BCUT2D eigenvalue weighted by molar-refractivity contribution is 7.12. The van der Waals surface area contributed by atoms with Gasteiger partial charge in [0.1, 0.15) is 0 Å². The SMILES string of the molecule is O=C(NCC(=O)N1C[C@H]2CNC[C@H]2C1)c1cccs1. The molecule has 5 nitrogen and oxygen atoms in total. The summed E-state index contributed by atoms with van der Waals surface area (Å²) in [6.07, 6.45) is 0. The molecule has 0 saturated carbocycles. The molecule has 3 rings (SSSR count). The van der Waals surface area contributed by atoms with Crippen LogP contribution >= 0.6 is 11.3 Å². The van der Waals surface area contributed by atoms with E-state index < -0.39 is 0 Å². The van der Waals surface area contributed by atoms with E-state index >= 15 is 0 Å². The van der Waals surface area contributed by atoms with E-state index in [-0.39, 0.29) is 18.4 Å². The Hall–Kier alpha value is -1.40. The van der Waals surface area contributed by atoms with Gasteiger partial charge in [0.25, 0.3) is 5.91 Å². The van der Waals surface area contributed by atoms with Crippen LogP contribution in [0.15, 0.2) is 17.5 Å². The molecule has 2 fully saturated rings. The van der Waals surface area contributed by atoms with Gasteiger partial charge in [0, 0.05) is 26.2 Å². The predicted octanol–water partition coefficient (Wildman–Crippen LogP) is 0.156. The first-order chi connectivity index (χ1) is 9.24. The first kappa shape index (κ1) is 12.6. The highest BCUT2D eigenvalue weighted by atomic mass is 32.1. The lowest BCUT2D eigenvalue weighted by molar-refractivity contribution is -0.129. The zero-order valence-corrected chi connectivity index (χ0v) is 11.4. The van der Waals surface area contributed by atoms with Crippen molar-refractivity contribution in [1.82, 2.24) is 15.5 Å². The molecule has 2 atom stereocenters. The van der Waals surface area contributed by atoms with Gasteiger partial charge in [-0.2, -0.15) is 0 Å². The van der Waals surface area contributed by atoms with Gasteiger partial charge in [-0.15, -0.1) is 11.3 Å². The maximum absolute atomic E-state index is 12.0. The van der Waals surface area contributed by atoms with Crippen molar-refractivity contribution in [2.75, 3.05) is 32.7 Å². The molecule has 6 heteroatoms. The summed E-state index contributed by atoms with van der Waals surface area (Å²) in [5, 5.41) is 7.89. The van der Waals surface area contributed by atoms with Crippen LogP contribution < -0.4 is 10.6 Å². The number of hydrogen-bond acceptors (Lipinski definition) is 4. The second kappa shape index (κ2) is 5.30. The van der Waals surface area contributed by atoms with Crippen molar-refractivity contribution in [2.45, 2.75) is 0 Å². The average molecular weight is 279 g/mol. The Bertz CT molecular complexity index is 462. The minimum absolute atomic E-state index is 0.0271. The van der Waals surface area contributed by atoms with Crippen LogP contribution in [-0.2, 0) is 4.79 Å². The normalized spacial score (nSPS) is 25.4. The molecule has 0 spiro atoms.